The van der Waals surface area contributed by atoms with E-state index in [0.717, 1.165) is 16.3 Å². The fraction of sp³-hybridized carbons (Fsp3) is 0.143. The van der Waals surface area contributed by atoms with Crippen LogP contribution < -0.4 is 10.1 Å². The van der Waals surface area contributed by atoms with Gasteiger partial charge in [0, 0.05) is 11.3 Å². The minimum Gasteiger partial charge on any atom is -0.435 e. The second-order valence-electron chi connectivity index (χ2n) is 6.46. The summed E-state index contributed by atoms with van der Waals surface area (Å²) < 4.78 is 31.3. The van der Waals surface area contributed by atoms with Crippen molar-refractivity contribution < 1.29 is 18.3 Å². The lowest BCUT2D eigenvalue weighted by Gasteiger charge is -2.13. The van der Waals surface area contributed by atoms with E-state index < -0.39 is 6.61 Å². The van der Waals surface area contributed by atoms with Crippen LogP contribution in [-0.4, -0.2) is 38.0 Å². The molecule has 0 spiro atoms. The number of ether oxygens (including phenoxy) is 1. The first-order valence-electron chi connectivity index (χ1n) is 9.41. The van der Waals surface area contributed by atoms with Crippen molar-refractivity contribution >= 4 is 34.1 Å². The molecule has 1 N–H and O–H groups in total. The van der Waals surface area contributed by atoms with Gasteiger partial charge in [-0.2, -0.15) is 8.78 Å². The van der Waals surface area contributed by atoms with Crippen LogP contribution in [0.2, 0.25) is 0 Å². The molecule has 2 heterocycles. The third-order valence-electron chi connectivity index (χ3n) is 4.22. The fourth-order valence-corrected chi connectivity index (χ4v) is 4.31. The molecule has 0 fully saturated rings. The molecular formula is C21H17F2N5O2S2. The smallest absolute Gasteiger partial charge is 0.387 e. The van der Waals surface area contributed by atoms with Crippen LogP contribution in [0.5, 0.6) is 5.75 Å². The zero-order valence-corrected chi connectivity index (χ0v) is 18.4. The summed E-state index contributed by atoms with van der Waals surface area (Å²) in [6.45, 7) is -1.09. The highest BCUT2D eigenvalue weighted by atomic mass is 32.2. The molecule has 2 aromatic heterocycles. The third kappa shape index (κ3) is 5.29. The number of aryl methyl sites for hydroxylation is 1. The number of halogens is 2. The Labute approximate surface area is 190 Å². The third-order valence-corrected chi connectivity index (χ3v) is 5.93. The Morgan fingerprint density at radius 1 is 1.16 bits per heavy atom. The Morgan fingerprint density at radius 2 is 1.91 bits per heavy atom. The van der Waals surface area contributed by atoms with Crippen LogP contribution in [0.15, 0.2) is 66.0 Å². The quantitative estimate of drug-likeness (QED) is 0.362. The monoisotopic (exact) mass is 473 g/mol. The van der Waals surface area contributed by atoms with Gasteiger partial charge in [-0.15, -0.1) is 10.2 Å². The molecule has 4 aromatic rings. The van der Waals surface area contributed by atoms with Crippen molar-refractivity contribution in [1.29, 1.82) is 0 Å². The first-order chi connectivity index (χ1) is 15.5. The maximum absolute atomic E-state index is 12.5. The summed E-state index contributed by atoms with van der Waals surface area (Å²) in [6, 6.07) is 15.9. The van der Waals surface area contributed by atoms with Crippen molar-refractivity contribution in [3.63, 3.8) is 0 Å². The summed E-state index contributed by atoms with van der Waals surface area (Å²) in [7, 11) is 0. The summed E-state index contributed by atoms with van der Waals surface area (Å²) in [6.07, 6.45) is 1.72. The minimum atomic E-state index is -2.89. The molecule has 7 nitrogen and oxygen atoms in total. The number of anilines is 1. The highest BCUT2D eigenvalue weighted by molar-refractivity contribution is 7.99. The number of thioether (sulfide) groups is 1. The molecule has 0 saturated carbocycles. The minimum absolute atomic E-state index is 0.0612. The maximum atomic E-state index is 12.5. The van der Waals surface area contributed by atoms with E-state index in [9.17, 15) is 13.6 Å². The van der Waals surface area contributed by atoms with Crippen molar-refractivity contribution in [2.75, 3.05) is 11.1 Å². The van der Waals surface area contributed by atoms with Gasteiger partial charge in [0.05, 0.1) is 17.6 Å². The number of nitrogens with one attached hydrogen (secondary N) is 1. The second-order valence-corrected chi connectivity index (χ2v) is 8.59. The van der Waals surface area contributed by atoms with Gasteiger partial charge in [-0.05, 0) is 31.2 Å². The van der Waals surface area contributed by atoms with E-state index in [0.29, 0.717) is 16.0 Å². The van der Waals surface area contributed by atoms with Gasteiger partial charge < -0.3 is 4.74 Å². The molecule has 0 radical (unpaired) electrons. The molecule has 0 aliphatic carbocycles. The summed E-state index contributed by atoms with van der Waals surface area (Å²) in [4.78, 5) is 16.8. The first kappa shape index (κ1) is 21.9. The largest absolute Gasteiger partial charge is 0.435 e. The van der Waals surface area contributed by atoms with E-state index >= 15 is 0 Å². The van der Waals surface area contributed by atoms with Crippen LogP contribution in [0.4, 0.5) is 13.9 Å². The molecule has 0 bridgehead atoms. The number of carbonyl (C=O) groups is 1. The van der Waals surface area contributed by atoms with Gasteiger partial charge in [-0.1, -0.05) is 53.4 Å². The number of nitrogens with zero attached hydrogens (tertiary/aromatic N) is 4. The predicted molar refractivity (Wildman–Crippen MR) is 120 cm³/mol. The Hall–Kier alpha value is -3.31. The topological polar surface area (TPSA) is 81.9 Å². The van der Waals surface area contributed by atoms with E-state index in [4.69, 9.17) is 0 Å². The second kappa shape index (κ2) is 9.88. The van der Waals surface area contributed by atoms with Gasteiger partial charge >= 0.3 is 6.61 Å². The number of aromatic nitrogens is 4. The summed E-state index contributed by atoms with van der Waals surface area (Å²) in [5, 5.41) is 12.3. The van der Waals surface area contributed by atoms with Crippen LogP contribution in [0.25, 0.3) is 16.9 Å². The number of rotatable bonds is 8. The van der Waals surface area contributed by atoms with Gasteiger partial charge in [0.1, 0.15) is 10.8 Å². The first-order valence-corrected chi connectivity index (χ1v) is 11.2. The molecule has 0 aliphatic rings. The summed E-state index contributed by atoms with van der Waals surface area (Å²) >= 11 is 2.55. The molecule has 0 saturated heterocycles. The molecule has 0 atom stereocenters. The van der Waals surface area contributed by atoms with Crippen LogP contribution in [-0.2, 0) is 4.79 Å². The molecule has 4 rings (SSSR count). The van der Waals surface area contributed by atoms with Gasteiger partial charge in [-0.3, -0.25) is 14.7 Å². The van der Waals surface area contributed by atoms with Gasteiger partial charge in [0.25, 0.3) is 0 Å². The van der Waals surface area contributed by atoms with Crippen molar-refractivity contribution in [3.8, 4) is 22.7 Å². The van der Waals surface area contributed by atoms with E-state index in [1.54, 1.807) is 18.3 Å². The van der Waals surface area contributed by atoms with E-state index in [-0.39, 0.29) is 17.4 Å². The zero-order valence-electron chi connectivity index (χ0n) is 16.7. The molecule has 0 aliphatic heterocycles. The fourth-order valence-electron chi connectivity index (χ4n) is 2.91. The Bertz CT molecular complexity index is 1200. The highest BCUT2D eigenvalue weighted by Crippen LogP contribution is 2.31. The number of hydrogen-bond acceptors (Lipinski definition) is 7. The van der Waals surface area contributed by atoms with Crippen molar-refractivity contribution in [3.05, 3.63) is 65.8 Å². The number of alkyl halides is 2. The zero-order chi connectivity index (χ0) is 22.5. The van der Waals surface area contributed by atoms with Crippen LogP contribution in [0, 0.1) is 6.92 Å². The maximum Gasteiger partial charge on any atom is 0.387 e. The summed E-state index contributed by atoms with van der Waals surface area (Å²) in [5.74, 6) is -0.0649. The van der Waals surface area contributed by atoms with Crippen molar-refractivity contribution in [2.24, 2.45) is 0 Å². The van der Waals surface area contributed by atoms with Crippen LogP contribution >= 0.6 is 23.1 Å². The Morgan fingerprint density at radius 3 is 2.56 bits per heavy atom. The summed E-state index contributed by atoms with van der Waals surface area (Å²) in [5.41, 5.74) is 2.43. The molecular weight excluding hydrogens is 456 g/mol. The SMILES string of the molecule is Cc1nnc(NC(=O)CSc2ncc(-c3ccccc3)n2-c2ccc(OC(F)F)cc2)s1. The lowest BCUT2D eigenvalue weighted by atomic mass is 10.1. The van der Waals surface area contributed by atoms with Crippen molar-refractivity contribution in [2.45, 2.75) is 18.7 Å². The molecule has 1 amide bonds. The lowest BCUT2D eigenvalue weighted by molar-refractivity contribution is -0.113. The van der Waals surface area contributed by atoms with Crippen LogP contribution in [0.3, 0.4) is 0 Å². The normalized spacial score (nSPS) is 11.0. The number of amides is 1. The van der Waals surface area contributed by atoms with Crippen molar-refractivity contribution in [1.82, 2.24) is 19.7 Å². The Kier molecular flexibility index (Phi) is 6.76. The Balaban J connectivity index is 1.59. The van der Waals surface area contributed by atoms with E-state index in [1.807, 2.05) is 41.8 Å². The van der Waals surface area contributed by atoms with E-state index in [1.165, 1.54) is 35.2 Å². The van der Waals surface area contributed by atoms with E-state index in [2.05, 4.69) is 25.2 Å². The molecule has 0 unspecified atom stereocenters. The van der Waals surface area contributed by atoms with Gasteiger partial charge in [0.15, 0.2) is 5.16 Å². The lowest BCUT2D eigenvalue weighted by Crippen LogP contribution is -2.14. The molecule has 32 heavy (non-hydrogen) atoms. The highest BCUT2D eigenvalue weighted by Gasteiger charge is 2.16. The number of imidazole rings is 1. The molecule has 11 heteroatoms. The average molecular weight is 474 g/mol. The number of hydrogen-bond donors (Lipinski definition) is 1. The standard InChI is InChI=1S/C21H17F2N5O2S2/c1-13-26-27-20(32-13)25-18(29)12-31-21-24-11-17(14-5-3-2-4-6-14)28(21)15-7-9-16(10-8-15)30-19(22)23/h2-11,19H,12H2,1H3,(H,25,27,29). The number of benzene rings is 2. The van der Waals surface area contributed by atoms with Gasteiger partial charge in [-0.25, -0.2) is 4.98 Å². The molecule has 2 aromatic carbocycles. The predicted octanol–water partition coefficient (Wildman–Crippen LogP) is 5.03. The van der Waals surface area contributed by atoms with Crippen LogP contribution in [0.1, 0.15) is 5.01 Å². The number of carbonyl (C=O) groups excluding carboxylic acids is 1. The molecule has 164 valence electrons. The average Bonchev–Trinajstić information content (AvgIpc) is 3.39. The van der Waals surface area contributed by atoms with Gasteiger partial charge in [0.2, 0.25) is 11.0 Å².